The summed E-state index contributed by atoms with van der Waals surface area (Å²) in [6.45, 7) is 8.23. The molecule has 0 bridgehead atoms. The van der Waals surface area contributed by atoms with Crippen LogP contribution in [0.1, 0.15) is 25.0 Å². The van der Waals surface area contributed by atoms with Gasteiger partial charge in [-0.05, 0) is 79.1 Å². The predicted molar refractivity (Wildman–Crippen MR) is 108 cm³/mol. The zero-order chi connectivity index (χ0) is 17.1. The van der Waals surface area contributed by atoms with E-state index in [1.165, 1.54) is 0 Å². The third-order valence-corrected chi connectivity index (χ3v) is 4.33. The number of nitrogens with two attached hydrogens (primary N) is 1. The lowest BCUT2D eigenvalue weighted by Gasteiger charge is -2.19. The van der Waals surface area contributed by atoms with Gasteiger partial charge in [0.25, 0.3) is 0 Å². The van der Waals surface area contributed by atoms with Crippen molar-refractivity contribution in [2.75, 3.05) is 11.1 Å². The fourth-order valence-corrected chi connectivity index (χ4v) is 3.44. The summed E-state index contributed by atoms with van der Waals surface area (Å²) in [5.74, 6) is 0. The number of hydrogen-bond donors (Lipinski definition) is 3. The molecule has 2 aromatic carbocycles. The molecule has 0 saturated carbocycles. The van der Waals surface area contributed by atoms with Crippen LogP contribution in [0.2, 0.25) is 0 Å². The van der Waals surface area contributed by atoms with Crippen LogP contribution in [0.5, 0.6) is 0 Å². The molecular weight excluding hydrogens is 370 g/mol. The normalized spacial score (nSPS) is 10.7. The molecule has 23 heavy (non-hydrogen) atoms. The molecule has 5 heteroatoms. The average molecular weight is 392 g/mol. The number of aryl methyl sites for hydroxylation is 2. The number of nitrogen functional groups attached to an aromatic ring is 1. The maximum absolute atomic E-state index is 6.29. The van der Waals surface area contributed by atoms with Gasteiger partial charge < -0.3 is 16.4 Å². The van der Waals surface area contributed by atoms with Gasteiger partial charge in [0.2, 0.25) is 0 Å². The topological polar surface area (TPSA) is 50.1 Å². The van der Waals surface area contributed by atoms with Crippen molar-refractivity contribution in [1.82, 2.24) is 5.32 Å². The smallest absolute Gasteiger partial charge is 0.171 e. The molecule has 0 aliphatic carbocycles. The molecule has 0 fully saturated rings. The van der Waals surface area contributed by atoms with Gasteiger partial charge in [0.05, 0.1) is 5.69 Å². The van der Waals surface area contributed by atoms with Crippen LogP contribution < -0.4 is 16.4 Å². The lowest BCUT2D eigenvalue weighted by atomic mass is 9.95. The van der Waals surface area contributed by atoms with Gasteiger partial charge in [0.1, 0.15) is 0 Å². The third-order valence-electron chi connectivity index (χ3n) is 3.45. The fourth-order valence-electron chi connectivity index (χ4n) is 2.64. The Morgan fingerprint density at radius 1 is 1.22 bits per heavy atom. The second-order valence-electron chi connectivity index (χ2n) is 5.96. The van der Waals surface area contributed by atoms with Gasteiger partial charge in [0, 0.05) is 27.3 Å². The van der Waals surface area contributed by atoms with Gasteiger partial charge in [-0.2, -0.15) is 0 Å². The predicted octanol–water partition coefficient (Wildman–Crippen LogP) is 5.01. The van der Waals surface area contributed by atoms with Gasteiger partial charge in [-0.3, -0.25) is 0 Å². The fraction of sp³-hybridized carbons (Fsp3) is 0.278. The molecule has 0 aromatic heterocycles. The third kappa shape index (κ3) is 4.24. The molecule has 0 spiro atoms. The van der Waals surface area contributed by atoms with Crippen LogP contribution >= 0.6 is 28.1 Å². The highest BCUT2D eigenvalue weighted by Crippen LogP contribution is 2.39. The average Bonchev–Trinajstić information content (AvgIpc) is 2.40. The van der Waals surface area contributed by atoms with Crippen LogP contribution in [0.15, 0.2) is 34.8 Å². The summed E-state index contributed by atoms with van der Waals surface area (Å²) in [4.78, 5) is 0. The molecule has 3 nitrogen and oxygen atoms in total. The van der Waals surface area contributed by atoms with E-state index in [4.69, 9.17) is 18.0 Å². The summed E-state index contributed by atoms with van der Waals surface area (Å²) in [5.41, 5.74) is 12.4. The number of thiocarbonyl (C=S) groups is 1. The molecule has 0 amide bonds. The van der Waals surface area contributed by atoms with Crippen LogP contribution in [0.3, 0.4) is 0 Å². The molecule has 0 aliphatic rings. The van der Waals surface area contributed by atoms with Crippen molar-refractivity contribution in [3.63, 3.8) is 0 Å². The summed E-state index contributed by atoms with van der Waals surface area (Å²) < 4.78 is 0.947. The minimum Gasteiger partial charge on any atom is -0.398 e. The zero-order valence-corrected chi connectivity index (χ0v) is 16.2. The van der Waals surface area contributed by atoms with Crippen LogP contribution in [0, 0.1) is 13.8 Å². The van der Waals surface area contributed by atoms with E-state index in [1.807, 2.05) is 18.2 Å². The molecule has 0 saturated heterocycles. The van der Waals surface area contributed by atoms with Gasteiger partial charge >= 0.3 is 0 Å². The second kappa shape index (κ2) is 7.32. The van der Waals surface area contributed by atoms with Crippen LogP contribution in [0.4, 0.5) is 11.4 Å². The van der Waals surface area contributed by atoms with Crippen molar-refractivity contribution in [2.24, 2.45) is 0 Å². The van der Waals surface area contributed by atoms with Crippen LogP contribution in [-0.2, 0) is 0 Å². The number of para-hydroxylation sites is 1. The molecule has 2 rings (SSSR count). The summed E-state index contributed by atoms with van der Waals surface area (Å²) in [7, 11) is 0. The molecule has 122 valence electrons. The number of benzene rings is 2. The Kier molecular flexibility index (Phi) is 5.65. The first-order valence-electron chi connectivity index (χ1n) is 7.52. The Morgan fingerprint density at radius 2 is 1.91 bits per heavy atom. The Balaban J connectivity index is 2.53. The number of hydrogen-bond acceptors (Lipinski definition) is 2. The summed E-state index contributed by atoms with van der Waals surface area (Å²) in [5, 5.41) is 7.09. The number of halogens is 1. The minimum atomic E-state index is 0.270. The highest BCUT2D eigenvalue weighted by Gasteiger charge is 2.15. The first kappa shape index (κ1) is 17.8. The van der Waals surface area contributed by atoms with E-state index in [1.54, 1.807) is 0 Å². The maximum atomic E-state index is 6.29. The van der Waals surface area contributed by atoms with E-state index < -0.39 is 0 Å². The molecule has 0 unspecified atom stereocenters. The van der Waals surface area contributed by atoms with Gasteiger partial charge in [-0.15, -0.1) is 0 Å². The largest absolute Gasteiger partial charge is 0.398 e. The molecule has 2 aromatic rings. The van der Waals surface area contributed by atoms with Gasteiger partial charge in [-0.25, -0.2) is 0 Å². The Hall–Kier alpha value is -1.59. The van der Waals surface area contributed by atoms with Crippen LogP contribution in [0.25, 0.3) is 11.1 Å². The standard InChI is InChI=1S/C18H22BrN3S/c1-10(2)21-18(23)22-17-13(6-5-7-14(17)19)16-12(4)8-11(3)9-15(16)20/h5-10H,20H2,1-4H3,(H2,21,22,23). The Bertz CT molecular complexity index is 718. The van der Waals surface area contributed by atoms with Crippen molar-refractivity contribution < 1.29 is 0 Å². The van der Waals surface area contributed by atoms with Gasteiger partial charge in [-0.1, -0.05) is 18.2 Å². The Morgan fingerprint density at radius 3 is 2.52 bits per heavy atom. The van der Waals surface area contributed by atoms with E-state index in [-0.39, 0.29) is 6.04 Å². The highest BCUT2D eigenvalue weighted by molar-refractivity contribution is 9.10. The van der Waals surface area contributed by atoms with Crippen LogP contribution in [-0.4, -0.2) is 11.2 Å². The first-order valence-corrected chi connectivity index (χ1v) is 8.73. The second-order valence-corrected chi connectivity index (χ2v) is 7.22. The lowest BCUT2D eigenvalue weighted by Crippen LogP contribution is -2.34. The Labute approximate surface area is 151 Å². The van der Waals surface area contributed by atoms with E-state index in [2.05, 4.69) is 66.4 Å². The van der Waals surface area contributed by atoms with Crippen molar-refractivity contribution in [1.29, 1.82) is 0 Å². The number of anilines is 2. The van der Waals surface area contributed by atoms with Crippen molar-refractivity contribution >= 4 is 44.6 Å². The van der Waals surface area contributed by atoms with E-state index in [0.717, 1.165) is 38.1 Å². The van der Waals surface area contributed by atoms with E-state index in [9.17, 15) is 0 Å². The quantitative estimate of drug-likeness (QED) is 0.508. The van der Waals surface area contributed by atoms with Gasteiger partial charge in [0.15, 0.2) is 5.11 Å². The first-order chi connectivity index (χ1) is 10.8. The minimum absolute atomic E-state index is 0.270. The van der Waals surface area contributed by atoms with Crippen molar-refractivity contribution in [3.05, 3.63) is 45.9 Å². The number of nitrogens with one attached hydrogen (secondary N) is 2. The molecule has 0 atom stereocenters. The summed E-state index contributed by atoms with van der Waals surface area (Å²) >= 11 is 9.01. The molecule has 4 N–H and O–H groups in total. The molecule has 0 aliphatic heterocycles. The van der Waals surface area contributed by atoms with E-state index >= 15 is 0 Å². The molecular formula is C18H22BrN3S. The summed E-state index contributed by atoms with van der Waals surface area (Å²) in [6.07, 6.45) is 0. The lowest BCUT2D eigenvalue weighted by molar-refractivity contribution is 0.739. The molecule has 0 radical (unpaired) electrons. The van der Waals surface area contributed by atoms with E-state index in [0.29, 0.717) is 5.11 Å². The molecule has 0 heterocycles. The SMILES string of the molecule is Cc1cc(C)c(-c2cccc(Br)c2NC(=S)NC(C)C)c(N)c1. The highest BCUT2D eigenvalue weighted by atomic mass is 79.9. The summed E-state index contributed by atoms with van der Waals surface area (Å²) in [6, 6.07) is 10.5. The number of rotatable bonds is 3. The van der Waals surface area contributed by atoms with Crippen molar-refractivity contribution in [2.45, 2.75) is 33.7 Å². The monoisotopic (exact) mass is 391 g/mol. The zero-order valence-electron chi connectivity index (χ0n) is 13.8. The van der Waals surface area contributed by atoms with Crippen molar-refractivity contribution in [3.8, 4) is 11.1 Å². The maximum Gasteiger partial charge on any atom is 0.171 e.